The highest BCUT2D eigenvalue weighted by Crippen LogP contribution is 2.10. The van der Waals surface area contributed by atoms with E-state index in [1.54, 1.807) is 12.2 Å². The SMILES string of the molecule is C=CC=C.C=Cc1ccccc1.C=Cc1ccccc1C=C. The topological polar surface area (TPSA) is 0 Å². The third-order valence-electron chi connectivity index (χ3n) is 2.64. The van der Waals surface area contributed by atoms with E-state index in [1.165, 1.54) is 5.56 Å². The predicted octanol–water partition coefficient (Wildman–Crippen LogP) is 6.66. The fourth-order valence-electron chi connectivity index (χ4n) is 1.47. The highest BCUT2D eigenvalue weighted by Gasteiger charge is 1.89. The minimum absolute atomic E-state index is 1.14. The van der Waals surface area contributed by atoms with Gasteiger partial charge in [-0.3, -0.25) is 0 Å². The predicted molar refractivity (Wildman–Crippen MR) is 104 cm³/mol. The fraction of sp³-hybridized carbons (Fsp3) is 0. The molecule has 0 aromatic heterocycles. The van der Waals surface area contributed by atoms with Gasteiger partial charge in [-0.1, -0.05) is 118 Å². The van der Waals surface area contributed by atoms with E-state index >= 15 is 0 Å². The zero-order valence-corrected chi connectivity index (χ0v) is 13.1. The van der Waals surface area contributed by atoms with Crippen molar-refractivity contribution in [3.8, 4) is 0 Å². The second-order valence-corrected chi connectivity index (χ2v) is 4.12. The van der Waals surface area contributed by atoms with Crippen LogP contribution in [0, 0.1) is 0 Å². The molecule has 0 unspecified atom stereocenters. The van der Waals surface area contributed by atoms with Crippen LogP contribution in [-0.2, 0) is 0 Å². The zero-order valence-electron chi connectivity index (χ0n) is 13.1. The van der Waals surface area contributed by atoms with Crippen molar-refractivity contribution >= 4 is 18.2 Å². The van der Waals surface area contributed by atoms with Crippen LogP contribution in [0.2, 0.25) is 0 Å². The first-order chi connectivity index (χ1) is 10.7. The summed E-state index contributed by atoms with van der Waals surface area (Å²) in [7, 11) is 0. The van der Waals surface area contributed by atoms with Crippen molar-refractivity contribution in [3.63, 3.8) is 0 Å². The molecule has 0 nitrogen and oxygen atoms in total. The third kappa shape index (κ3) is 8.34. The second-order valence-electron chi connectivity index (χ2n) is 4.12. The Labute approximate surface area is 135 Å². The minimum atomic E-state index is 1.14. The number of rotatable bonds is 4. The molecule has 0 aliphatic carbocycles. The van der Waals surface area contributed by atoms with E-state index in [-0.39, 0.29) is 0 Å². The van der Waals surface area contributed by atoms with Gasteiger partial charge in [0.1, 0.15) is 0 Å². The van der Waals surface area contributed by atoms with Crippen LogP contribution in [0.25, 0.3) is 18.2 Å². The van der Waals surface area contributed by atoms with Crippen LogP contribution >= 0.6 is 0 Å². The van der Waals surface area contributed by atoms with Gasteiger partial charge < -0.3 is 0 Å². The molecule has 0 heteroatoms. The summed E-state index contributed by atoms with van der Waals surface area (Å²) in [6, 6.07) is 18.0. The van der Waals surface area contributed by atoms with Crippen molar-refractivity contribution in [2.75, 3.05) is 0 Å². The van der Waals surface area contributed by atoms with Crippen LogP contribution in [0.1, 0.15) is 16.7 Å². The summed E-state index contributed by atoms with van der Waals surface area (Å²) in [4.78, 5) is 0. The van der Waals surface area contributed by atoms with Gasteiger partial charge in [0.05, 0.1) is 0 Å². The van der Waals surface area contributed by atoms with Crippen molar-refractivity contribution in [3.05, 3.63) is 116 Å². The average molecular weight is 288 g/mol. The molecule has 112 valence electrons. The van der Waals surface area contributed by atoms with Crippen LogP contribution in [0.3, 0.4) is 0 Å². The molecule has 0 radical (unpaired) electrons. The molecular weight excluding hydrogens is 264 g/mol. The lowest BCUT2D eigenvalue weighted by Gasteiger charge is -1.96. The molecule has 0 heterocycles. The van der Waals surface area contributed by atoms with Gasteiger partial charge in [0.25, 0.3) is 0 Å². The monoisotopic (exact) mass is 288 g/mol. The zero-order chi connectivity index (χ0) is 16.6. The van der Waals surface area contributed by atoms with E-state index in [2.05, 4.69) is 32.9 Å². The van der Waals surface area contributed by atoms with E-state index in [4.69, 9.17) is 0 Å². The summed E-state index contributed by atoms with van der Waals surface area (Å²) in [5.74, 6) is 0. The van der Waals surface area contributed by atoms with E-state index in [9.17, 15) is 0 Å². The molecule has 0 saturated carbocycles. The van der Waals surface area contributed by atoms with E-state index < -0.39 is 0 Å². The van der Waals surface area contributed by atoms with Crippen molar-refractivity contribution < 1.29 is 0 Å². The third-order valence-corrected chi connectivity index (χ3v) is 2.64. The molecule has 22 heavy (non-hydrogen) atoms. The van der Waals surface area contributed by atoms with Crippen LogP contribution in [0.5, 0.6) is 0 Å². The minimum Gasteiger partial charge on any atom is -0.0991 e. The van der Waals surface area contributed by atoms with Gasteiger partial charge in [0, 0.05) is 0 Å². The molecule has 2 rings (SSSR count). The first-order valence-electron chi connectivity index (χ1n) is 6.98. The maximum Gasteiger partial charge on any atom is -0.0190 e. The van der Waals surface area contributed by atoms with Gasteiger partial charge in [0.2, 0.25) is 0 Å². The van der Waals surface area contributed by atoms with Crippen molar-refractivity contribution in [1.29, 1.82) is 0 Å². The Morgan fingerprint density at radius 2 is 0.909 bits per heavy atom. The van der Waals surface area contributed by atoms with Crippen LogP contribution in [0.15, 0.2) is 99.6 Å². The maximum atomic E-state index is 3.69. The molecule has 0 aliphatic heterocycles. The molecule has 0 fully saturated rings. The Morgan fingerprint density at radius 3 is 1.18 bits per heavy atom. The maximum absolute atomic E-state index is 3.69. The summed E-state index contributed by atoms with van der Waals surface area (Å²) in [5, 5.41) is 0. The molecule has 0 aliphatic rings. The van der Waals surface area contributed by atoms with Gasteiger partial charge >= 0.3 is 0 Å². The van der Waals surface area contributed by atoms with Crippen LogP contribution in [-0.4, -0.2) is 0 Å². The van der Waals surface area contributed by atoms with Crippen molar-refractivity contribution in [2.45, 2.75) is 0 Å². The van der Waals surface area contributed by atoms with Gasteiger partial charge in [-0.05, 0) is 16.7 Å². The lowest BCUT2D eigenvalue weighted by Crippen LogP contribution is -1.76. The smallest absolute Gasteiger partial charge is 0.0190 e. The molecule has 0 atom stereocenters. The van der Waals surface area contributed by atoms with E-state index in [0.29, 0.717) is 0 Å². The summed E-state index contributed by atoms with van der Waals surface area (Å²) in [6.45, 7) is 17.7. The first kappa shape index (κ1) is 19.1. The number of hydrogen-bond acceptors (Lipinski definition) is 0. The normalized spacial score (nSPS) is 8.00. The summed E-state index contributed by atoms with van der Waals surface area (Å²) < 4.78 is 0. The quantitative estimate of drug-likeness (QED) is 0.552. The Kier molecular flexibility index (Phi) is 11.4. The fourth-order valence-corrected chi connectivity index (χ4v) is 1.47. The largest absolute Gasteiger partial charge is 0.0991 e. The van der Waals surface area contributed by atoms with Crippen LogP contribution in [0.4, 0.5) is 0 Å². The molecule has 0 amide bonds. The Hall–Kier alpha value is -2.86. The second kappa shape index (κ2) is 13.1. The highest BCUT2D eigenvalue weighted by molar-refractivity contribution is 5.63. The molecule has 0 saturated heterocycles. The Bertz CT molecular complexity index is 555. The van der Waals surface area contributed by atoms with E-state index in [1.807, 2.05) is 72.8 Å². The molecule has 0 bridgehead atoms. The van der Waals surface area contributed by atoms with Crippen molar-refractivity contribution in [1.82, 2.24) is 0 Å². The number of hydrogen-bond donors (Lipinski definition) is 0. The van der Waals surface area contributed by atoms with Crippen molar-refractivity contribution in [2.24, 2.45) is 0 Å². The van der Waals surface area contributed by atoms with Gasteiger partial charge in [-0.25, -0.2) is 0 Å². The summed E-state index contributed by atoms with van der Waals surface area (Å²) in [5.41, 5.74) is 3.45. The average Bonchev–Trinajstić information content (AvgIpc) is 2.63. The lowest BCUT2D eigenvalue weighted by molar-refractivity contribution is 1.62. The molecular formula is C22H24. The van der Waals surface area contributed by atoms with Gasteiger partial charge in [-0.2, -0.15) is 0 Å². The van der Waals surface area contributed by atoms with Gasteiger partial charge in [-0.15, -0.1) is 0 Å². The molecule has 0 spiro atoms. The Morgan fingerprint density at radius 1 is 0.500 bits per heavy atom. The van der Waals surface area contributed by atoms with Crippen LogP contribution < -0.4 is 0 Å². The summed E-state index contributed by atoms with van der Waals surface area (Å²) in [6.07, 6.45) is 8.77. The highest BCUT2D eigenvalue weighted by atomic mass is 13.9. The molecule has 0 N–H and O–H groups in total. The molecule has 2 aromatic rings. The molecule has 2 aromatic carbocycles. The number of allylic oxidation sites excluding steroid dienone is 2. The van der Waals surface area contributed by atoms with Gasteiger partial charge in [0.15, 0.2) is 0 Å². The van der Waals surface area contributed by atoms with E-state index in [0.717, 1.165) is 11.1 Å². The number of benzene rings is 2. The lowest BCUT2D eigenvalue weighted by atomic mass is 10.1. The standard InChI is InChI=1S/C10H10.C8H8.C4H6/c1-3-9-7-5-6-8-10(9)4-2;1-2-8-6-4-3-5-7-8;1-3-4-2/h3-8H,1-2H2;2-7H,1H2;3-4H,1-2H2. The summed E-state index contributed by atoms with van der Waals surface area (Å²) >= 11 is 0. The first-order valence-corrected chi connectivity index (χ1v) is 6.98. The Balaban J connectivity index is 0.000000330.